The van der Waals surface area contributed by atoms with Crippen LogP contribution in [0.25, 0.3) is 0 Å². The van der Waals surface area contributed by atoms with Crippen molar-refractivity contribution in [2.24, 2.45) is 5.73 Å². The lowest BCUT2D eigenvalue weighted by Gasteiger charge is -2.27. The summed E-state index contributed by atoms with van der Waals surface area (Å²) in [4.78, 5) is 13.4. The van der Waals surface area contributed by atoms with Gasteiger partial charge in [0.2, 0.25) is 5.91 Å². The van der Waals surface area contributed by atoms with E-state index >= 15 is 0 Å². The van der Waals surface area contributed by atoms with Gasteiger partial charge in [0.15, 0.2) is 0 Å². The lowest BCUT2D eigenvalue weighted by molar-refractivity contribution is 0.100. The van der Waals surface area contributed by atoms with Gasteiger partial charge in [0.25, 0.3) is 0 Å². The molecule has 3 N–H and O–H groups in total. The maximum absolute atomic E-state index is 10.9. The number of carbonyl (C=O) groups excluding carboxylic acids is 1. The van der Waals surface area contributed by atoms with Crippen molar-refractivity contribution in [2.45, 2.75) is 6.42 Å². The number of nitrogens with one attached hydrogen (secondary N) is 1. The molecule has 1 amide bonds. The van der Waals surface area contributed by atoms with E-state index in [0.29, 0.717) is 5.56 Å². The third-order valence-electron chi connectivity index (χ3n) is 3.16. The van der Waals surface area contributed by atoms with E-state index in [0.717, 1.165) is 39.1 Å². The highest BCUT2D eigenvalue weighted by Gasteiger charge is 2.09. The molecular weight excluding hydrogens is 214 g/mol. The third-order valence-corrected chi connectivity index (χ3v) is 3.16. The van der Waals surface area contributed by atoms with Crippen LogP contribution in [-0.2, 0) is 6.42 Å². The number of nitrogens with two attached hydrogens (primary N) is 1. The molecule has 4 nitrogen and oxygen atoms in total. The Labute approximate surface area is 102 Å². The van der Waals surface area contributed by atoms with E-state index in [1.54, 1.807) is 12.1 Å². The highest BCUT2D eigenvalue weighted by Crippen LogP contribution is 2.06. The highest BCUT2D eigenvalue weighted by molar-refractivity contribution is 5.92. The zero-order valence-electron chi connectivity index (χ0n) is 9.98. The average Bonchev–Trinajstić information content (AvgIpc) is 2.38. The number of benzene rings is 1. The Hall–Kier alpha value is -1.39. The van der Waals surface area contributed by atoms with Crippen molar-refractivity contribution in [3.8, 4) is 0 Å². The summed E-state index contributed by atoms with van der Waals surface area (Å²) in [6, 6.07) is 7.58. The number of piperazine rings is 1. The van der Waals surface area contributed by atoms with Gasteiger partial charge in [0.05, 0.1) is 0 Å². The molecule has 0 aromatic heterocycles. The molecule has 0 saturated carbocycles. The molecule has 0 radical (unpaired) electrons. The van der Waals surface area contributed by atoms with Gasteiger partial charge >= 0.3 is 0 Å². The van der Waals surface area contributed by atoms with Crippen LogP contribution in [0, 0.1) is 0 Å². The first-order valence-electron chi connectivity index (χ1n) is 6.07. The van der Waals surface area contributed by atoms with Crippen molar-refractivity contribution in [2.75, 3.05) is 32.7 Å². The van der Waals surface area contributed by atoms with Crippen LogP contribution in [0.2, 0.25) is 0 Å². The van der Waals surface area contributed by atoms with Crippen LogP contribution in [-0.4, -0.2) is 43.5 Å². The van der Waals surface area contributed by atoms with Crippen LogP contribution in [0.15, 0.2) is 24.3 Å². The Bertz CT molecular complexity index is 369. The first kappa shape index (κ1) is 12.1. The van der Waals surface area contributed by atoms with E-state index in [4.69, 9.17) is 5.73 Å². The van der Waals surface area contributed by atoms with Crippen LogP contribution in [0.5, 0.6) is 0 Å². The molecule has 0 aliphatic carbocycles. The van der Waals surface area contributed by atoms with E-state index in [2.05, 4.69) is 10.2 Å². The minimum Gasteiger partial charge on any atom is -0.366 e. The summed E-state index contributed by atoms with van der Waals surface area (Å²) in [5.41, 5.74) is 7.04. The largest absolute Gasteiger partial charge is 0.366 e. The first-order valence-corrected chi connectivity index (χ1v) is 6.07. The number of carbonyl (C=O) groups is 1. The predicted molar refractivity (Wildman–Crippen MR) is 68.0 cm³/mol. The van der Waals surface area contributed by atoms with Crippen molar-refractivity contribution in [3.05, 3.63) is 35.4 Å². The van der Waals surface area contributed by atoms with Crippen LogP contribution in [0.3, 0.4) is 0 Å². The topological polar surface area (TPSA) is 58.4 Å². The van der Waals surface area contributed by atoms with Gasteiger partial charge in [-0.25, -0.2) is 0 Å². The van der Waals surface area contributed by atoms with Gasteiger partial charge in [-0.1, -0.05) is 12.1 Å². The van der Waals surface area contributed by atoms with Gasteiger partial charge in [-0.3, -0.25) is 4.79 Å². The lowest BCUT2D eigenvalue weighted by atomic mass is 10.1. The van der Waals surface area contributed by atoms with Crippen molar-refractivity contribution < 1.29 is 4.79 Å². The molecule has 4 heteroatoms. The molecule has 1 aliphatic rings. The van der Waals surface area contributed by atoms with E-state index in [1.807, 2.05) is 12.1 Å². The van der Waals surface area contributed by atoms with E-state index < -0.39 is 0 Å². The summed E-state index contributed by atoms with van der Waals surface area (Å²) in [7, 11) is 0. The Morgan fingerprint density at radius 1 is 1.24 bits per heavy atom. The Kier molecular flexibility index (Phi) is 4.12. The summed E-state index contributed by atoms with van der Waals surface area (Å²) in [6.45, 7) is 5.50. The minimum absolute atomic E-state index is 0.362. The fourth-order valence-electron chi connectivity index (χ4n) is 2.06. The molecular formula is C13H19N3O. The second-order valence-corrected chi connectivity index (χ2v) is 4.40. The lowest BCUT2D eigenvalue weighted by Crippen LogP contribution is -2.44. The summed E-state index contributed by atoms with van der Waals surface area (Å²) in [5.74, 6) is -0.362. The van der Waals surface area contributed by atoms with Gasteiger partial charge in [-0.05, 0) is 24.1 Å². The highest BCUT2D eigenvalue weighted by atomic mass is 16.1. The minimum atomic E-state index is -0.362. The standard InChI is InChI=1S/C13H19N3O/c14-13(17)12-3-1-11(2-4-12)5-8-16-9-6-15-7-10-16/h1-4,15H,5-10H2,(H2,14,17). The van der Waals surface area contributed by atoms with Crippen molar-refractivity contribution in [1.82, 2.24) is 10.2 Å². The summed E-state index contributed by atoms with van der Waals surface area (Å²) >= 11 is 0. The molecule has 1 saturated heterocycles. The molecule has 0 bridgehead atoms. The molecule has 1 aliphatic heterocycles. The van der Waals surface area contributed by atoms with Crippen LogP contribution < -0.4 is 11.1 Å². The van der Waals surface area contributed by atoms with Gasteiger partial charge in [-0.2, -0.15) is 0 Å². The Morgan fingerprint density at radius 3 is 2.47 bits per heavy atom. The third kappa shape index (κ3) is 3.54. The number of primary amides is 1. The van der Waals surface area contributed by atoms with Crippen molar-refractivity contribution >= 4 is 5.91 Å². The molecule has 1 aromatic rings. The van der Waals surface area contributed by atoms with Crippen LogP contribution in [0.1, 0.15) is 15.9 Å². The van der Waals surface area contributed by atoms with E-state index in [1.165, 1.54) is 5.56 Å². The average molecular weight is 233 g/mol. The fourth-order valence-corrected chi connectivity index (χ4v) is 2.06. The predicted octanol–water partition coefficient (Wildman–Crippen LogP) is 0.233. The number of nitrogens with zero attached hydrogens (tertiary/aromatic N) is 1. The maximum atomic E-state index is 10.9. The summed E-state index contributed by atoms with van der Waals surface area (Å²) in [5, 5.41) is 3.34. The van der Waals surface area contributed by atoms with E-state index in [-0.39, 0.29) is 5.91 Å². The molecule has 1 fully saturated rings. The quantitative estimate of drug-likeness (QED) is 0.783. The van der Waals surface area contributed by atoms with Crippen LogP contribution in [0.4, 0.5) is 0 Å². The van der Waals surface area contributed by atoms with Gasteiger partial charge < -0.3 is 16.0 Å². The SMILES string of the molecule is NC(=O)c1ccc(CCN2CCNCC2)cc1. The normalized spacial score (nSPS) is 16.9. The second-order valence-electron chi connectivity index (χ2n) is 4.40. The van der Waals surface area contributed by atoms with Gasteiger partial charge in [0, 0.05) is 38.3 Å². The zero-order chi connectivity index (χ0) is 12.1. The number of rotatable bonds is 4. The molecule has 1 heterocycles. The zero-order valence-corrected chi connectivity index (χ0v) is 9.98. The van der Waals surface area contributed by atoms with Crippen molar-refractivity contribution in [1.29, 1.82) is 0 Å². The molecule has 92 valence electrons. The van der Waals surface area contributed by atoms with E-state index in [9.17, 15) is 4.79 Å². The smallest absolute Gasteiger partial charge is 0.248 e. The Morgan fingerprint density at radius 2 is 1.88 bits per heavy atom. The summed E-state index contributed by atoms with van der Waals surface area (Å²) < 4.78 is 0. The van der Waals surface area contributed by atoms with Gasteiger partial charge in [-0.15, -0.1) is 0 Å². The first-order chi connectivity index (χ1) is 8.25. The van der Waals surface area contributed by atoms with Gasteiger partial charge in [0.1, 0.15) is 0 Å². The summed E-state index contributed by atoms with van der Waals surface area (Å²) in [6.07, 6.45) is 1.03. The monoisotopic (exact) mass is 233 g/mol. The molecule has 0 atom stereocenters. The number of amides is 1. The molecule has 2 rings (SSSR count). The molecule has 0 spiro atoms. The number of hydrogen-bond donors (Lipinski definition) is 2. The molecule has 17 heavy (non-hydrogen) atoms. The second kappa shape index (κ2) is 5.80. The molecule has 0 unspecified atom stereocenters. The maximum Gasteiger partial charge on any atom is 0.248 e. The van der Waals surface area contributed by atoms with Crippen LogP contribution >= 0.6 is 0 Å². The molecule has 1 aromatic carbocycles. The van der Waals surface area contributed by atoms with Crippen molar-refractivity contribution in [3.63, 3.8) is 0 Å². The Balaban J connectivity index is 1.84. The number of hydrogen-bond acceptors (Lipinski definition) is 3. The fraction of sp³-hybridized carbons (Fsp3) is 0.462.